The number of ether oxygens (including phenoxy) is 1. The van der Waals surface area contributed by atoms with Crippen LogP contribution in [0.15, 0.2) is 40.7 Å². The molecule has 2 aliphatic carbocycles. The Morgan fingerprint density at radius 2 is 1.59 bits per heavy atom. The second kappa shape index (κ2) is 8.61. The molecule has 0 saturated heterocycles. The van der Waals surface area contributed by atoms with E-state index in [2.05, 4.69) is 0 Å². The summed E-state index contributed by atoms with van der Waals surface area (Å²) in [6.45, 7) is 1.75. The van der Waals surface area contributed by atoms with Crippen LogP contribution in [0.25, 0.3) is 0 Å². The second-order valence-electron chi connectivity index (χ2n) is 8.18. The Morgan fingerprint density at radius 3 is 2.09 bits per heavy atom. The van der Waals surface area contributed by atoms with Crippen molar-refractivity contribution in [3.8, 4) is 5.75 Å². The van der Waals surface area contributed by atoms with Gasteiger partial charge in [-0.3, -0.25) is 14.4 Å². The van der Waals surface area contributed by atoms with Crippen molar-refractivity contribution in [2.45, 2.75) is 51.4 Å². The molecule has 1 aromatic carbocycles. The average Bonchev–Trinajstić information content (AvgIpc) is 2.75. The number of hydrogen-bond donors (Lipinski definition) is 2. The maximum absolute atomic E-state index is 13.1. The monoisotopic (exact) mass is 439 g/mol. The van der Waals surface area contributed by atoms with E-state index in [1.54, 1.807) is 24.0 Å². The lowest BCUT2D eigenvalue weighted by atomic mass is 9.70. The summed E-state index contributed by atoms with van der Waals surface area (Å²) in [7, 11) is 0. The third kappa shape index (κ3) is 3.70. The van der Waals surface area contributed by atoms with Crippen LogP contribution in [0.4, 0.5) is 0 Å². The van der Waals surface area contributed by atoms with Gasteiger partial charge in [-0.05, 0) is 50.3 Å². The Balaban J connectivity index is 1.95. The van der Waals surface area contributed by atoms with Gasteiger partial charge in [0.25, 0.3) is 0 Å². The Hall–Kier alpha value is -3.42. The topological polar surface area (TPSA) is 121 Å². The van der Waals surface area contributed by atoms with Crippen LogP contribution < -0.4 is 4.74 Å². The van der Waals surface area contributed by atoms with Gasteiger partial charge in [-0.1, -0.05) is 6.07 Å². The zero-order chi connectivity index (χ0) is 23.0. The van der Waals surface area contributed by atoms with E-state index in [0.29, 0.717) is 73.2 Å². The largest absolute Gasteiger partial charge is 0.493 e. The molecular weight excluding hydrogens is 414 g/mol. The smallest absolute Gasteiger partial charge is 0.339 e. The van der Waals surface area contributed by atoms with Crippen molar-refractivity contribution in [2.75, 3.05) is 13.2 Å². The fraction of sp³-hybridized carbons (Fsp3) is 0.417. The number of carboxylic acids is 2. The molecule has 2 N–H and O–H groups in total. The quantitative estimate of drug-likeness (QED) is 0.693. The van der Waals surface area contributed by atoms with E-state index in [4.69, 9.17) is 4.74 Å². The zero-order valence-corrected chi connectivity index (χ0v) is 17.8. The van der Waals surface area contributed by atoms with Crippen molar-refractivity contribution in [1.82, 2.24) is 4.90 Å². The van der Waals surface area contributed by atoms with Crippen molar-refractivity contribution in [3.63, 3.8) is 0 Å². The molecule has 3 aliphatic rings. The fourth-order valence-electron chi connectivity index (χ4n) is 5.05. The first-order chi connectivity index (χ1) is 15.3. The molecule has 0 atom stereocenters. The van der Waals surface area contributed by atoms with Gasteiger partial charge in [0.2, 0.25) is 0 Å². The molecule has 1 heterocycles. The minimum Gasteiger partial charge on any atom is -0.493 e. The minimum absolute atomic E-state index is 0.0341. The normalized spacial score (nSPS) is 19.1. The number of carbonyl (C=O) groups excluding carboxylic acids is 2. The molecule has 8 heteroatoms. The van der Waals surface area contributed by atoms with E-state index < -0.39 is 17.9 Å². The number of carboxylic acid groups (broad SMARTS) is 2. The Morgan fingerprint density at radius 1 is 1.00 bits per heavy atom. The lowest BCUT2D eigenvalue weighted by Gasteiger charge is -2.43. The van der Waals surface area contributed by atoms with Crippen LogP contribution >= 0.6 is 0 Å². The maximum atomic E-state index is 13.1. The highest BCUT2D eigenvalue weighted by Gasteiger charge is 2.43. The zero-order valence-electron chi connectivity index (χ0n) is 17.8. The van der Waals surface area contributed by atoms with Crippen LogP contribution in [0.5, 0.6) is 5.75 Å². The summed E-state index contributed by atoms with van der Waals surface area (Å²) in [6.07, 6.45) is 2.93. The predicted octanol–water partition coefficient (Wildman–Crippen LogP) is 3.28. The van der Waals surface area contributed by atoms with Gasteiger partial charge in [0.15, 0.2) is 11.6 Å². The number of benzene rings is 1. The minimum atomic E-state index is -1.16. The summed E-state index contributed by atoms with van der Waals surface area (Å²) in [5, 5.41) is 19.2. The summed E-state index contributed by atoms with van der Waals surface area (Å²) >= 11 is 0. The van der Waals surface area contributed by atoms with E-state index >= 15 is 0 Å². The Bertz CT molecular complexity index is 1040. The number of carbonyl (C=O) groups is 4. The number of allylic oxidation sites excluding steroid dienone is 4. The maximum Gasteiger partial charge on any atom is 0.339 e. The van der Waals surface area contributed by atoms with Crippen LogP contribution in [-0.2, 0) is 14.4 Å². The van der Waals surface area contributed by atoms with Crippen molar-refractivity contribution >= 4 is 23.5 Å². The number of aromatic carboxylic acids is 1. The second-order valence-corrected chi connectivity index (χ2v) is 8.18. The molecule has 32 heavy (non-hydrogen) atoms. The van der Waals surface area contributed by atoms with E-state index in [0.717, 1.165) is 0 Å². The molecule has 0 saturated carbocycles. The van der Waals surface area contributed by atoms with Gasteiger partial charge in [-0.15, -0.1) is 0 Å². The third-order valence-corrected chi connectivity index (χ3v) is 6.25. The molecule has 168 valence electrons. The molecule has 8 nitrogen and oxygen atoms in total. The summed E-state index contributed by atoms with van der Waals surface area (Å²) in [6, 6.07) is 4.74. The molecular formula is C24H25NO7. The van der Waals surface area contributed by atoms with Crippen LogP contribution in [0.2, 0.25) is 0 Å². The van der Waals surface area contributed by atoms with E-state index in [9.17, 15) is 29.4 Å². The Kier molecular flexibility index (Phi) is 5.86. The molecule has 0 unspecified atom stereocenters. The van der Waals surface area contributed by atoms with Crippen LogP contribution in [-0.4, -0.2) is 51.8 Å². The van der Waals surface area contributed by atoms with Crippen LogP contribution in [0.3, 0.4) is 0 Å². The van der Waals surface area contributed by atoms with Crippen molar-refractivity contribution in [2.24, 2.45) is 0 Å². The van der Waals surface area contributed by atoms with Gasteiger partial charge in [0.05, 0.1) is 6.61 Å². The molecule has 4 rings (SSSR count). The molecule has 1 aromatic rings. The number of rotatable bonds is 6. The van der Waals surface area contributed by atoms with Gasteiger partial charge in [0.1, 0.15) is 17.9 Å². The SMILES string of the molecule is CCOc1ccc(C2C3=C(CCCC3=O)N(CC(=O)O)C3=C2C(=O)CCC3)cc1C(=O)O. The molecule has 0 bridgehead atoms. The van der Waals surface area contributed by atoms with Crippen molar-refractivity contribution < 1.29 is 34.1 Å². The van der Waals surface area contributed by atoms with Gasteiger partial charge in [-0.2, -0.15) is 0 Å². The number of hydrogen-bond acceptors (Lipinski definition) is 6. The summed E-state index contributed by atoms with van der Waals surface area (Å²) < 4.78 is 5.44. The lowest BCUT2D eigenvalue weighted by molar-refractivity contribution is -0.138. The summed E-state index contributed by atoms with van der Waals surface area (Å²) in [5.41, 5.74) is 2.64. The molecule has 0 radical (unpaired) electrons. The number of aliphatic carboxylic acids is 1. The summed E-state index contributed by atoms with van der Waals surface area (Å²) in [5.74, 6) is -2.91. The van der Waals surface area contributed by atoms with E-state index in [1.807, 2.05) is 0 Å². The first kappa shape index (κ1) is 21.8. The van der Waals surface area contributed by atoms with Gasteiger partial charge in [0, 0.05) is 41.3 Å². The van der Waals surface area contributed by atoms with Crippen LogP contribution in [0.1, 0.15) is 67.3 Å². The van der Waals surface area contributed by atoms with Gasteiger partial charge in [-0.25, -0.2) is 4.79 Å². The number of nitrogens with zero attached hydrogens (tertiary/aromatic N) is 1. The molecule has 0 spiro atoms. The van der Waals surface area contributed by atoms with Gasteiger partial charge < -0.3 is 19.8 Å². The van der Waals surface area contributed by atoms with Crippen molar-refractivity contribution in [3.05, 3.63) is 51.9 Å². The fourth-order valence-corrected chi connectivity index (χ4v) is 5.05. The first-order valence-corrected chi connectivity index (χ1v) is 10.8. The molecule has 0 fully saturated rings. The highest BCUT2D eigenvalue weighted by atomic mass is 16.5. The first-order valence-electron chi connectivity index (χ1n) is 10.8. The molecule has 0 amide bonds. The van der Waals surface area contributed by atoms with E-state index in [1.165, 1.54) is 6.07 Å². The van der Waals surface area contributed by atoms with E-state index in [-0.39, 0.29) is 29.4 Å². The lowest BCUT2D eigenvalue weighted by Crippen LogP contribution is -2.41. The van der Waals surface area contributed by atoms with Crippen molar-refractivity contribution in [1.29, 1.82) is 0 Å². The van der Waals surface area contributed by atoms with Gasteiger partial charge >= 0.3 is 11.9 Å². The summed E-state index contributed by atoms with van der Waals surface area (Å²) in [4.78, 5) is 51.4. The highest BCUT2D eigenvalue weighted by molar-refractivity contribution is 6.06. The number of Topliss-reactive ketones (excluding diaryl/α,β-unsaturated/α-hetero) is 2. The highest BCUT2D eigenvalue weighted by Crippen LogP contribution is 2.49. The molecule has 1 aliphatic heterocycles. The van der Waals surface area contributed by atoms with Crippen LogP contribution in [0, 0.1) is 0 Å². The number of ketones is 2. The predicted molar refractivity (Wildman–Crippen MR) is 113 cm³/mol. The Labute approximate surface area is 185 Å². The molecule has 0 aromatic heterocycles. The third-order valence-electron chi connectivity index (χ3n) is 6.25. The average molecular weight is 439 g/mol. The standard InChI is InChI=1S/C24H25NO7/c1-2-32-19-10-9-13(11-14(19)24(30)31)21-22-15(5-3-7-17(22)26)25(12-20(28)29)16-6-4-8-18(27)23(16)21/h9-11,21H,2-8,12H2,1H3,(H,28,29)(H,30,31).